The van der Waals surface area contributed by atoms with Gasteiger partial charge in [-0.1, -0.05) is 6.92 Å². The van der Waals surface area contributed by atoms with Gasteiger partial charge in [0.15, 0.2) is 11.2 Å². The molecule has 1 aromatic heterocycles. The van der Waals surface area contributed by atoms with E-state index in [9.17, 15) is 13.6 Å². The maximum atomic E-state index is 13.6. The number of fused-ring (bicyclic) bond motifs is 1. The van der Waals surface area contributed by atoms with Crippen molar-refractivity contribution >= 4 is 10.9 Å². The maximum Gasteiger partial charge on any atom is 0.189 e. The quantitative estimate of drug-likeness (QED) is 0.767. The molecule has 0 aliphatic heterocycles. The predicted molar refractivity (Wildman–Crippen MR) is 58.4 cm³/mol. The van der Waals surface area contributed by atoms with Gasteiger partial charge in [-0.05, 0) is 12.5 Å². The number of benzene rings is 1. The topological polar surface area (TPSA) is 22.0 Å². The highest BCUT2D eigenvalue weighted by atomic mass is 19.1. The Balaban J connectivity index is 2.87. The van der Waals surface area contributed by atoms with Gasteiger partial charge < -0.3 is 4.57 Å². The van der Waals surface area contributed by atoms with Crippen LogP contribution in [0.1, 0.15) is 13.3 Å². The lowest BCUT2D eigenvalue weighted by atomic mass is 10.2. The first-order valence-electron chi connectivity index (χ1n) is 5.11. The van der Waals surface area contributed by atoms with Crippen LogP contribution >= 0.6 is 0 Å². The summed E-state index contributed by atoms with van der Waals surface area (Å²) in [7, 11) is 0. The fraction of sp³-hybridized carbons (Fsp3) is 0.250. The molecule has 84 valence electrons. The van der Waals surface area contributed by atoms with Gasteiger partial charge in [0.25, 0.3) is 0 Å². The summed E-state index contributed by atoms with van der Waals surface area (Å²) in [4.78, 5) is 11.5. The number of pyridine rings is 1. The molecule has 0 unspecified atom stereocenters. The normalized spacial score (nSPS) is 10.9. The van der Waals surface area contributed by atoms with E-state index in [-0.39, 0.29) is 16.3 Å². The third-order valence-electron chi connectivity index (χ3n) is 2.45. The lowest BCUT2D eigenvalue weighted by Crippen LogP contribution is -2.09. The summed E-state index contributed by atoms with van der Waals surface area (Å²) in [5, 5.41) is 0.0912. The molecule has 0 saturated heterocycles. The average molecular weight is 223 g/mol. The van der Waals surface area contributed by atoms with E-state index in [1.807, 2.05) is 6.92 Å². The van der Waals surface area contributed by atoms with E-state index in [4.69, 9.17) is 0 Å². The number of hydrogen-bond acceptors (Lipinski definition) is 1. The van der Waals surface area contributed by atoms with Gasteiger partial charge in [0.2, 0.25) is 0 Å². The Hall–Kier alpha value is -1.71. The smallest absolute Gasteiger partial charge is 0.189 e. The fourth-order valence-corrected chi connectivity index (χ4v) is 1.79. The zero-order valence-electron chi connectivity index (χ0n) is 8.84. The molecule has 0 N–H and O–H groups in total. The number of aryl methyl sites for hydroxylation is 1. The molecule has 0 atom stereocenters. The lowest BCUT2D eigenvalue weighted by molar-refractivity contribution is 0.581. The largest absolute Gasteiger partial charge is 0.345 e. The second kappa shape index (κ2) is 4.04. The van der Waals surface area contributed by atoms with E-state index < -0.39 is 11.6 Å². The van der Waals surface area contributed by atoms with Gasteiger partial charge in [-0.25, -0.2) is 8.78 Å². The second-order valence-corrected chi connectivity index (χ2v) is 3.66. The van der Waals surface area contributed by atoms with E-state index >= 15 is 0 Å². The molecule has 0 amide bonds. The van der Waals surface area contributed by atoms with E-state index in [0.717, 1.165) is 18.6 Å². The van der Waals surface area contributed by atoms with Crippen molar-refractivity contribution in [3.63, 3.8) is 0 Å². The zero-order chi connectivity index (χ0) is 11.7. The fourth-order valence-electron chi connectivity index (χ4n) is 1.79. The first kappa shape index (κ1) is 10.8. The van der Waals surface area contributed by atoms with Crippen LogP contribution in [0, 0.1) is 11.6 Å². The highest BCUT2D eigenvalue weighted by molar-refractivity contribution is 5.79. The van der Waals surface area contributed by atoms with Gasteiger partial charge in [0, 0.05) is 24.9 Å². The van der Waals surface area contributed by atoms with Gasteiger partial charge >= 0.3 is 0 Å². The van der Waals surface area contributed by atoms with E-state index in [0.29, 0.717) is 6.54 Å². The summed E-state index contributed by atoms with van der Waals surface area (Å²) in [6.07, 6.45) is 2.35. The number of aromatic nitrogens is 1. The molecule has 0 fully saturated rings. The van der Waals surface area contributed by atoms with Crippen LogP contribution in [0.25, 0.3) is 10.9 Å². The van der Waals surface area contributed by atoms with Gasteiger partial charge in [-0.15, -0.1) is 0 Å². The lowest BCUT2D eigenvalue weighted by Gasteiger charge is -2.09. The van der Waals surface area contributed by atoms with Crippen LogP contribution in [0.3, 0.4) is 0 Å². The molecule has 2 aromatic rings. The molecule has 0 aliphatic rings. The summed E-state index contributed by atoms with van der Waals surface area (Å²) in [5.41, 5.74) is -0.184. The van der Waals surface area contributed by atoms with E-state index in [1.165, 1.54) is 12.3 Å². The monoisotopic (exact) mass is 223 g/mol. The molecular weight excluding hydrogens is 212 g/mol. The molecule has 0 spiro atoms. The molecule has 0 saturated carbocycles. The minimum Gasteiger partial charge on any atom is -0.345 e. The summed E-state index contributed by atoms with van der Waals surface area (Å²) >= 11 is 0. The van der Waals surface area contributed by atoms with Crippen LogP contribution in [0.15, 0.2) is 29.2 Å². The first-order valence-corrected chi connectivity index (χ1v) is 5.11. The number of rotatable bonds is 2. The van der Waals surface area contributed by atoms with Crippen molar-refractivity contribution in [1.82, 2.24) is 4.57 Å². The SMILES string of the molecule is CCCn1ccc(=O)c2cc(F)cc(F)c21. The molecule has 0 radical (unpaired) electrons. The standard InChI is InChI=1S/C12H11F2NO/c1-2-4-15-5-3-11(16)9-6-8(13)7-10(14)12(9)15/h3,5-7H,2,4H2,1H3. The molecule has 2 rings (SSSR count). The average Bonchev–Trinajstić information content (AvgIpc) is 2.22. The van der Waals surface area contributed by atoms with E-state index in [2.05, 4.69) is 0 Å². The van der Waals surface area contributed by atoms with Gasteiger partial charge in [-0.3, -0.25) is 4.79 Å². The molecule has 0 aliphatic carbocycles. The van der Waals surface area contributed by atoms with Crippen molar-refractivity contribution in [2.24, 2.45) is 0 Å². The molecule has 1 heterocycles. The summed E-state index contributed by atoms with van der Waals surface area (Å²) in [5.74, 6) is -1.42. The van der Waals surface area contributed by atoms with E-state index in [1.54, 1.807) is 4.57 Å². The molecule has 16 heavy (non-hydrogen) atoms. The van der Waals surface area contributed by atoms with Crippen LogP contribution in [-0.4, -0.2) is 4.57 Å². The predicted octanol–water partition coefficient (Wildman–Crippen LogP) is 2.69. The first-order chi connectivity index (χ1) is 7.63. The van der Waals surface area contributed by atoms with Crippen molar-refractivity contribution in [3.8, 4) is 0 Å². The Labute approximate surface area is 91.1 Å². The summed E-state index contributed by atoms with van der Waals surface area (Å²) in [6.45, 7) is 2.55. The summed E-state index contributed by atoms with van der Waals surface area (Å²) < 4.78 is 28.2. The molecule has 0 bridgehead atoms. The van der Waals surface area contributed by atoms with Crippen LogP contribution in [0.5, 0.6) is 0 Å². The Morgan fingerprint density at radius 3 is 2.75 bits per heavy atom. The van der Waals surface area contributed by atoms with Crippen molar-refractivity contribution in [3.05, 3.63) is 46.3 Å². The van der Waals surface area contributed by atoms with Crippen molar-refractivity contribution in [1.29, 1.82) is 0 Å². The molecular formula is C12H11F2NO. The molecule has 2 nitrogen and oxygen atoms in total. The van der Waals surface area contributed by atoms with Crippen LogP contribution in [0.2, 0.25) is 0 Å². The van der Waals surface area contributed by atoms with Crippen LogP contribution in [-0.2, 0) is 6.54 Å². The number of nitrogens with zero attached hydrogens (tertiary/aromatic N) is 1. The third-order valence-corrected chi connectivity index (χ3v) is 2.45. The Morgan fingerprint density at radius 2 is 2.06 bits per heavy atom. The second-order valence-electron chi connectivity index (χ2n) is 3.66. The van der Waals surface area contributed by atoms with Crippen molar-refractivity contribution in [2.75, 3.05) is 0 Å². The van der Waals surface area contributed by atoms with Gasteiger partial charge in [0.1, 0.15) is 5.82 Å². The van der Waals surface area contributed by atoms with Gasteiger partial charge in [0.05, 0.1) is 10.9 Å². The zero-order valence-corrected chi connectivity index (χ0v) is 8.84. The minimum absolute atomic E-state index is 0.0912. The van der Waals surface area contributed by atoms with Crippen LogP contribution in [0.4, 0.5) is 8.78 Å². The number of hydrogen-bond donors (Lipinski definition) is 0. The Morgan fingerprint density at radius 1 is 1.31 bits per heavy atom. The molecule has 1 aromatic carbocycles. The Bertz CT molecular complexity index is 589. The molecule has 4 heteroatoms. The third kappa shape index (κ3) is 1.71. The Kier molecular flexibility index (Phi) is 2.73. The summed E-state index contributed by atoms with van der Waals surface area (Å²) in [6, 6.07) is 3.21. The maximum absolute atomic E-state index is 13.6. The van der Waals surface area contributed by atoms with Crippen molar-refractivity contribution in [2.45, 2.75) is 19.9 Å². The highest BCUT2D eigenvalue weighted by Crippen LogP contribution is 2.17. The van der Waals surface area contributed by atoms with Crippen molar-refractivity contribution < 1.29 is 8.78 Å². The highest BCUT2D eigenvalue weighted by Gasteiger charge is 2.09. The van der Waals surface area contributed by atoms with Gasteiger partial charge in [-0.2, -0.15) is 0 Å². The minimum atomic E-state index is -0.726. The van der Waals surface area contributed by atoms with Crippen LogP contribution < -0.4 is 5.43 Å². The number of halogens is 2.